The van der Waals surface area contributed by atoms with E-state index in [2.05, 4.69) is 15.3 Å². The molecule has 4 N–H and O–H groups in total. The maximum Gasteiger partial charge on any atom is 0.223 e. The van der Waals surface area contributed by atoms with Crippen LogP contribution >= 0.6 is 0 Å². The van der Waals surface area contributed by atoms with Crippen molar-refractivity contribution in [3.63, 3.8) is 0 Å². The molecule has 0 aliphatic carbocycles. The van der Waals surface area contributed by atoms with Crippen molar-refractivity contribution >= 4 is 5.95 Å². The highest BCUT2D eigenvalue weighted by Crippen LogP contribution is 2.07. The number of aliphatic hydroxyl groups excluding tert-OH is 1. The van der Waals surface area contributed by atoms with Gasteiger partial charge >= 0.3 is 0 Å². The molecule has 0 bridgehead atoms. The van der Waals surface area contributed by atoms with Crippen molar-refractivity contribution in [2.24, 2.45) is 5.73 Å². The fourth-order valence-corrected chi connectivity index (χ4v) is 1.82. The van der Waals surface area contributed by atoms with E-state index >= 15 is 0 Å². The van der Waals surface area contributed by atoms with Crippen molar-refractivity contribution in [2.75, 3.05) is 11.9 Å². The minimum Gasteiger partial charge on any atom is -0.394 e. The Hall–Kier alpha value is -1.98. The third-order valence-corrected chi connectivity index (χ3v) is 2.80. The van der Waals surface area contributed by atoms with Crippen LogP contribution in [0.2, 0.25) is 0 Å². The number of nitrogens with zero attached hydrogens (tertiary/aromatic N) is 2. The average Bonchev–Trinajstić information content (AvgIpc) is 2.48. The van der Waals surface area contributed by atoms with Gasteiger partial charge in [-0.3, -0.25) is 0 Å². The summed E-state index contributed by atoms with van der Waals surface area (Å²) in [6.45, 7) is 0.394. The molecule has 1 atom stereocenters. The number of aromatic nitrogens is 2. The van der Waals surface area contributed by atoms with Crippen LogP contribution in [0.3, 0.4) is 0 Å². The van der Waals surface area contributed by atoms with Crippen LogP contribution in [0.15, 0.2) is 42.6 Å². The van der Waals surface area contributed by atoms with Gasteiger partial charge in [-0.25, -0.2) is 9.97 Å². The van der Waals surface area contributed by atoms with E-state index in [0.29, 0.717) is 18.9 Å². The Bertz CT molecular complexity index is 504. The zero-order valence-corrected chi connectivity index (χ0v) is 10.7. The van der Waals surface area contributed by atoms with Crippen LogP contribution in [0.5, 0.6) is 0 Å². The first-order chi connectivity index (χ1) is 9.31. The first kappa shape index (κ1) is 13.5. The molecule has 0 spiro atoms. The molecule has 5 nitrogen and oxygen atoms in total. The maximum atomic E-state index is 9.43. The molecule has 5 heteroatoms. The summed E-state index contributed by atoms with van der Waals surface area (Å²) in [6.07, 6.45) is 2.38. The molecule has 0 fully saturated rings. The van der Waals surface area contributed by atoms with Gasteiger partial charge in [0.25, 0.3) is 0 Å². The van der Waals surface area contributed by atoms with Crippen molar-refractivity contribution in [1.29, 1.82) is 0 Å². The van der Waals surface area contributed by atoms with Gasteiger partial charge in [0.05, 0.1) is 18.3 Å². The summed E-state index contributed by atoms with van der Waals surface area (Å²) >= 11 is 0. The second-order valence-corrected chi connectivity index (χ2v) is 4.29. The third-order valence-electron chi connectivity index (χ3n) is 2.80. The largest absolute Gasteiger partial charge is 0.394 e. The lowest BCUT2D eigenvalue weighted by atomic mass is 10.1. The maximum absolute atomic E-state index is 9.43. The minimum atomic E-state index is -0.115. The molecule has 0 aliphatic heterocycles. The average molecular weight is 258 g/mol. The van der Waals surface area contributed by atoms with Crippen molar-refractivity contribution in [1.82, 2.24) is 9.97 Å². The molecule has 1 heterocycles. The fourth-order valence-electron chi connectivity index (χ4n) is 1.82. The highest BCUT2D eigenvalue weighted by atomic mass is 16.3. The van der Waals surface area contributed by atoms with Crippen molar-refractivity contribution < 1.29 is 5.11 Å². The Morgan fingerprint density at radius 1 is 1.21 bits per heavy atom. The Labute approximate surface area is 112 Å². The smallest absolute Gasteiger partial charge is 0.223 e. The van der Waals surface area contributed by atoms with E-state index in [9.17, 15) is 5.11 Å². The van der Waals surface area contributed by atoms with E-state index in [4.69, 9.17) is 5.73 Å². The number of hydrogen-bond donors (Lipinski definition) is 3. The molecule has 0 radical (unpaired) electrons. The van der Waals surface area contributed by atoms with Gasteiger partial charge in [0.2, 0.25) is 5.95 Å². The molecule has 100 valence electrons. The van der Waals surface area contributed by atoms with Gasteiger partial charge in [-0.2, -0.15) is 0 Å². The summed E-state index contributed by atoms with van der Waals surface area (Å²) in [4.78, 5) is 8.39. The molecule has 0 amide bonds. The van der Waals surface area contributed by atoms with Gasteiger partial charge < -0.3 is 16.2 Å². The van der Waals surface area contributed by atoms with E-state index in [-0.39, 0.29) is 12.6 Å². The fraction of sp³-hybridized carbons (Fsp3) is 0.286. The molecule has 1 aromatic heterocycles. The molecule has 0 saturated carbocycles. The normalized spacial score (nSPS) is 12.1. The quantitative estimate of drug-likeness (QED) is 0.718. The van der Waals surface area contributed by atoms with Crippen molar-refractivity contribution in [3.05, 3.63) is 53.9 Å². The van der Waals surface area contributed by atoms with Gasteiger partial charge in [0.15, 0.2) is 0 Å². The predicted octanol–water partition coefficient (Wildman–Crippen LogP) is 0.951. The number of nitrogens with one attached hydrogen (secondary N) is 1. The van der Waals surface area contributed by atoms with Gasteiger partial charge in [0, 0.05) is 12.7 Å². The number of anilines is 1. The number of benzene rings is 1. The SMILES string of the molecule is NCc1ccnc(NC(CO)Cc2ccccc2)n1. The standard InChI is InChI=1S/C14H18N4O/c15-9-12-6-7-16-14(17-12)18-13(10-19)8-11-4-2-1-3-5-11/h1-7,13,19H,8-10,15H2,(H,16,17,18). The number of nitrogens with two attached hydrogens (primary N) is 1. The summed E-state index contributed by atoms with van der Waals surface area (Å²) in [7, 11) is 0. The molecule has 1 unspecified atom stereocenters. The second-order valence-electron chi connectivity index (χ2n) is 4.29. The van der Waals surface area contributed by atoms with Crippen LogP contribution in [0, 0.1) is 0 Å². The summed E-state index contributed by atoms with van der Waals surface area (Å²) in [5.41, 5.74) is 7.47. The van der Waals surface area contributed by atoms with E-state index < -0.39 is 0 Å². The zero-order chi connectivity index (χ0) is 13.5. The lowest BCUT2D eigenvalue weighted by molar-refractivity contribution is 0.273. The number of hydrogen-bond acceptors (Lipinski definition) is 5. The van der Waals surface area contributed by atoms with Crippen molar-refractivity contribution in [3.8, 4) is 0 Å². The summed E-state index contributed by atoms with van der Waals surface area (Å²) < 4.78 is 0. The summed E-state index contributed by atoms with van der Waals surface area (Å²) in [5, 5.41) is 12.6. The molecular weight excluding hydrogens is 240 g/mol. The molecule has 2 aromatic rings. The van der Waals surface area contributed by atoms with Gasteiger partial charge in [-0.05, 0) is 18.1 Å². The van der Waals surface area contributed by atoms with E-state index in [0.717, 1.165) is 11.3 Å². The van der Waals surface area contributed by atoms with E-state index in [1.165, 1.54) is 0 Å². The molecule has 0 aliphatic rings. The van der Waals surface area contributed by atoms with Gasteiger partial charge in [-0.1, -0.05) is 30.3 Å². The Balaban J connectivity index is 2.02. The monoisotopic (exact) mass is 258 g/mol. The van der Waals surface area contributed by atoms with Crippen LogP contribution in [0.25, 0.3) is 0 Å². The Morgan fingerprint density at radius 2 is 2.00 bits per heavy atom. The van der Waals surface area contributed by atoms with Gasteiger partial charge in [-0.15, -0.1) is 0 Å². The first-order valence-electron chi connectivity index (χ1n) is 6.25. The van der Waals surface area contributed by atoms with E-state index in [1.54, 1.807) is 12.3 Å². The third kappa shape index (κ3) is 4.01. The summed E-state index contributed by atoms with van der Waals surface area (Å²) in [5.74, 6) is 0.498. The lowest BCUT2D eigenvalue weighted by Crippen LogP contribution is -2.27. The summed E-state index contributed by atoms with van der Waals surface area (Å²) in [6, 6.07) is 11.7. The molecule has 1 aromatic carbocycles. The van der Waals surface area contributed by atoms with Crippen molar-refractivity contribution in [2.45, 2.75) is 19.0 Å². The highest BCUT2D eigenvalue weighted by molar-refractivity contribution is 5.28. The zero-order valence-electron chi connectivity index (χ0n) is 10.7. The topological polar surface area (TPSA) is 84.1 Å². The van der Waals surface area contributed by atoms with Crippen LogP contribution in [0.4, 0.5) is 5.95 Å². The molecule has 0 saturated heterocycles. The van der Waals surface area contributed by atoms with Crippen LogP contribution in [0.1, 0.15) is 11.3 Å². The van der Waals surface area contributed by atoms with E-state index in [1.807, 2.05) is 30.3 Å². The second kappa shape index (κ2) is 6.82. The van der Waals surface area contributed by atoms with Crippen LogP contribution in [-0.4, -0.2) is 27.7 Å². The lowest BCUT2D eigenvalue weighted by Gasteiger charge is -2.16. The molecule has 19 heavy (non-hydrogen) atoms. The molecular formula is C14H18N4O. The van der Waals surface area contributed by atoms with Gasteiger partial charge in [0.1, 0.15) is 0 Å². The first-order valence-corrected chi connectivity index (χ1v) is 6.25. The number of aliphatic hydroxyl groups is 1. The highest BCUT2D eigenvalue weighted by Gasteiger charge is 2.10. The van der Waals surface area contributed by atoms with Crippen LogP contribution in [-0.2, 0) is 13.0 Å². The van der Waals surface area contributed by atoms with Crippen LogP contribution < -0.4 is 11.1 Å². The predicted molar refractivity (Wildman–Crippen MR) is 74.6 cm³/mol. The Kier molecular flexibility index (Phi) is 4.83. The minimum absolute atomic E-state index is 0.0190. The Morgan fingerprint density at radius 3 is 2.68 bits per heavy atom. The molecule has 2 rings (SSSR count). The number of rotatable bonds is 6.